The highest BCUT2D eigenvalue weighted by Crippen LogP contribution is 2.65. The Bertz CT molecular complexity index is 216. The van der Waals surface area contributed by atoms with Crippen molar-refractivity contribution in [1.29, 1.82) is 0 Å². The lowest BCUT2D eigenvalue weighted by Gasteiger charge is -2.34. The predicted molar refractivity (Wildman–Crippen MR) is 51.8 cm³/mol. The molecule has 68 valence electrons. The van der Waals surface area contributed by atoms with Crippen LogP contribution >= 0.6 is 23.2 Å². The van der Waals surface area contributed by atoms with Gasteiger partial charge in [0.05, 0.1) is 4.87 Å². The van der Waals surface area contributed by atoms with Crippen LogP contribution in [0.4, 0.5) is 0 Å². The highest BCUT2D eigenvalue weighted by Gasteiger charge is 2.61. The zero-order chi connectivity index (χ0) is 8.34. The standard InChI is InChI=1S/C10H14Cl2/c11-8-3-4-10(12)7-2-1-6(5-7)9(8)10/h6-9H,1-5H2/t6-,7+,8+,9+,10-/m0/s1. The van der Waals surface area contributed by atoms with Gasteiger partial charge in [-0.1, -0.05) is 0 Å². The second-order valence-electron chi connectivity index (χ2n) is 4.78. The Hall–Kier alpha value is 0.580. The zero-order valence-electron chi connectivity index (χ0n) is 7.10. The van der Waals surface area contributed by atoms with Crippen LogP contribution in [0.1, 0.15) is 32.1 Å². The molecule has 3 fully saturated rings. The Balaban J connectivity index is 1.99. The number of hydrogen-bond acceptors (Lipinski definition) is 0. The molecule has 0 amide bonds. The summed E-state index contributed by atoms with van der Waals surface area (Å²) in [4.78, 5) is 0.134. The van der Waals surface area contributed by atoms with Crippen molar-refractivity contribution < 1.29 is 0 Å². The first-order valence-corrected chi connectivity index (χ1v) is 5.86. The molecule has 0 radical (unpaired) electrons. The first-order valence-electron chi connectivity index (χ1n) is 5.05. The van der Waals surface area contributed by atoms with Crippen LogP contribution in [0.3, 0.4) is 0 Å². The molecule has 0 aromatic heterocycles. The lowest BCUT2D eigenvalue weighted by molar-refractivity contribution is 0.289. The van der Waals surface area contributed by atoms with E-state index in [9.17, 15) is 0 Å². The molecule has 3 aliphatic carbocycles. The molecule has 2 bridgehead atoms. The lowest BCUT2D eigenvalue weighted by Crippen LogP contribution is -2.35. The van der Waals surface area contributed by atoms with Gasteiger partial charge in [0.1, 0.15) is 0 Å². The largest absolute Gasteiger partial charge is 0.123 e. The maximum absolute atomic E-state index is 6.68. The van der Waals surface area contributed by atoms with E-state index in [-0.39, 0.29) is 4.87 Å². The van der Waals surface area contributed by atoms with E-state index in [1.165, 1.54) is 25.7 Å². The first kappa shape index (κ1) is 7.94. The van der Waals surface area contributed by atoms with Gasteiger partial charge in [-0.2, -0.15) is 0 Å². The Kier molecular flexibility index (Phi) is 1.54. The summed E-state index contributed by atoms with van der Waals surface area (Å²) in [5.74, 6) is 2.33. The summed E-state index contributed by atoms with van der Waals surface area (Å²) in [6.45, 7) is 0. The molecule has 3 rings (SSSR count). The minimum Gasteiger partial charge on any atom is -0.123 e. The summed E-state index contributed by atoms with van der Waals surface area (Å²) in [6.07, 6.45) is 6.47. The molecule has 0 spiro atoms. The normalized spacial score (nSPS) is 62.5. The molecule has 3 aliphatic rings. The van der Waals surface area contributed by atoms with Gasteiger partial charge in [0.2, 0.25) is 0 Å². The number of alkyl halides is 2. The number of halogens is 2. The molecule has 0 N–H and O–H groups in total. The summed E-state index contributed by atoms with van der Waals surface area (Å²) < 4.78 is 0. The van der Waals surface area contributed by atoms with Crippen molar-refractivity contribution in [3.8, 4) is 0 Å². The Labute approximate surface area is 83.6 Å². The molecular weight excluding hydrogens is 191 g/mol. The Morgan fingerprint density at radius 1 is 1.17 bits per heavy atom. The quantitative estimate of drug-likeness (QED) is 0.531. The average molecular weight is 205 g/mol. The smallest absolute Gasteiger partial charge is 0.0520 e. The molecule has 12 heavy (non-hydrogen) atoms. The maximum atomic E-state index is 6.68. The fourth-order valence-electron chi connectivity index (χ4n) is 3.95. The molecule has 2 heteroatoms. The molecular formula is C10H14Cl2. The summed E-state index contributed by atoms with van der Waals surface area (Å²) in [6, 6.07) is 0. The van der Waals surface area contributed by atoms with E-state index in [4.69, 9.17) is 23.2 Å². The van der Waals surface area contributed by atoms with Crippen LogP contribution < -0.4 is 0 Å². The van der Waals surface area contributed by atoms with Crippen LogP contribution in [0.2, 0.25) is 0 Å². The fraction of sp³-hybridized carbons (Fsp3) is 1.00. The van der Waals surface area contributed by atoms with Crippen LogP contribution in [-0.2, 0) is 0 Å². The molecule has 0 aromatic carbocycles. The van der Waals surface area contributed by atoms with E-state index < -0.39 is 0 Å². The highest BCUT2D eigenvalue weighted by atomic mass is 35.5. The summed E-state index contributed by atoms with van der Waals surface area (Å²) >= 11 is 13.0. The Morgan fingerprint density at radius 3 is 2.75 bits per heavy atom. The molecule has 0 aromatic rings. The van der Waals surface area contributed by atoms with Crippen molar-refractivity contribution in [3.63, 3.8) is 0 Å². The number of rotatable bonds is 0. The maximum Gasteiger partial charge on any atom is 0.0520 e. The SMILES string of the molecule is Cl[C@@H]1CC[C@]2(Cl)[C@@H]3CC[C@@H](C3)[C@H]12. The third-order valence-corrected chi connectivity index (χ3v) is 5.65. The van der Waals surface area contributed by atoms with Crippen molar-refractivity contribution in [3.05, 3.63) is 0 Å². The van der Waals surface area contributed by atoms with E-state index in [1.807, 2.05) is 0 Å². The molecule has 0 saturated heterocycles. The number of fused-ring (bicyclic) bond motifs is 5. The third-order valence-electron chi connectivity index (χ3n) is 4.41. The first-order chi connectivity index (χ1) is 5.72. The van der Waals surface area contributed by atoms with Crippen molar-refractivity contribution in [2.24, 2.45) is 17.8 Å². The second kappa shape index (κ2) is 2.33. The van der Waals surface area contributed by atoms with Gasteiger partial charge in [0.25, 0.3) is 0 Å². The predicted octanol–water partition coefficient (Wildman–Crippen LogP) is 3.41. The van der Waals surface area contributed by atoms with Gasteiger partial charge in [-0.15, -0.1) is 23.2 Å². The van der Waals surface area contributed by atoms with E-state index in [0.29, 0.717) is 11.3 Å². The monoisotopic (exact) mass is 204 g/mol. The van der Waals surface area contributed by atoms with E-state index in [2.05, 4.69) is 0 Å². The lowest BCUT2D eigenvalue weighted by atomic mass is 9.81. The van der Waals surface area contributed by atoms with Gasteiger partial charge in [-0.3, -0.25) is 0 Å². The zero-order valence-corrected chi connectivity index (χ0v) is 8.61. The van der Waals surface area contributed by atoms with Gasteiger partial charge in [0.15, 0.2) is 0 Å². The summed E-state index contributed by atoms with van der Waals surface area (Å²) in [5, 5.41) is 0.387. The van der Waals surface area contributed by atoms with Crippen LogP contribution in [0.5, 0.6) is 0 Å². The van der Waals surface area contributed by atoms with Crippen LogP contribution in [0.15, 0.2) is 0 Å². The molecule has 3 saturated carbocycles. The highest BCUT2D eigenvalue weighted by molar-refractivity contribution is 6.27. The van der Waals surface area contributed by atoms with Crippen molar-refractivity contribution in [2.75, 3.05) is 0 Å². The molecule has 5 atom stereocenters. The second-order valence-corrected chi connectivity index (χ2v) is 6.04. The summed E-state index contributed by atoms with van der Waals surface area (Å²) in [7, 11) is 0. The van der Waals surface area contributed by atoms with Crippen LogP contribution in [0.25, 0.3) is 0 Å². The van der Waals surface area contributed by atoms with Crippen LogP contribution in [0, 0.1) is 17.8 Å². The Morgan fingerprint density at radius 2 is 2.00 bits per heavy atom. The summed E-state index contributed by atoms with van der Waals surface area (Å²) in [5.41, 5.74) is 0. The average Bonchev–Trinajstić information content (AvgIpc) is 2.63. The molecule has 0 aliphatic heterocycles. The van der Waals surface area contributed by atoms with Gasteiger partial charge in [0, 0.05) is 5.38 Å². The van der Waals surface area contributed by atoms with Crippen molar-refractivity contribution in [2.45, 2.75) is 42.4 Å². The number of hydrogen-bond donors (Lipinski definition) is 0. The van der Waals surface area contributed by atoms with Gasteiger partial charge in [-0.05, 0) is 49.9 Å². The molecule has 0 heterocycles. The van der Waals surface area contributed by atoms with E-state index in [0.717, 1.165) is 18.3 Å². The molecule has 0 unspecified atom stereocenters. The van der Waals surface area contributed by atoms with E-state index >= 15 is 0 Å². The topological polar surface area (TPSA) is 0 Å². The fourth-order valence-corrected chi connectivity index (χ4v) is 5.19. The minimum atomic E-state index is 0.134. The third kappa shape index (κ3) is 0.767. The van der Waals surface area contributed by atoms with Gasteiger partial charge in [-0.25, -0.2) is 0 Å². The van der Waals surface area contributed by atoms with Gasteiger partial charge >= 0.3 is 0 Å². The molecule has 0 nitrogen and oxygen atoms in total. The van der Waals surface area contributed by atoms with Crippen molar-refractivity contribution >= 4 is 23.2 Å². The minimum absolute atomic E-state index is 0.134. The van der Waals surface area contributed by atoms with E-state index in [1.54, 1.807) is 0 Å². The van der Waals surface area contributed by atoms with Crippen molar-refractivity contribution in [1.82, 2.24) is 0 Å². The van der Waals surface area contributed by atoms with Crippen LogP contribution in [-0.4, -0.2) is 10.3 Å². The van der Waals surface area contributed by atoms with Gasteiger partial charge < -0.3 is 0 Å².